The van der Waals surface area contributed by atoms with Crippen LogP contribution in [0.25, 0.3) is 0 Å². The summed E-state index contributed by atoms with van der Waals surface area (Å²) in [4.78, 5) is 13.5. The van der Waals surface area contributed by atoms with Gasteiger partial charge in [-0.15, -0.1) is 0 Å². The van der Waals surface area contributed by atoms with Crippen LogP contribution in [0, 0.1) is 0 Å². The summed E-state index contributed by atoms with van der Waals surface area (Å²) in [6, 6.07) is 0. The van der Waals surface area contributed by atoms with Gasteiger partial charge < -0.3 is 0 Å². The van der Waals surface area contributed by atoms with Crippen LogP contribution in [-0.4, -0.2) is 77.6 Å². The highest BCUT2D eigenvalue weighted by molar-refractivity contribution is 4.99. The standard InChI is InChI=1S/C17H28N8/c1-2-4-17(5-3-1)12-22(7-10-24-15-18-13-20-24)6-8-23(17)9-11-25-16-19-14-21-25/h13-16H,1-12H2. The zero-order valence-electron chi connectivity index (χ0n) is 14.9. The summed E-state index contributed by atoms with van der Waals surface area (Å²) in [5, 5.41) is 8.49. The summed E-state index contributed by atoms with van der Waals surface area (Å²) in [5.74, 6) is 0. The molecule has 0 unspecified atom stereocenters. The van der Waals surface area contributed by atoms with Crippen LogP contribution in [0.15, 0.2) is 25.3 Å². The van der Waals surface area contributed by atoms with E-state index in [9.17, 15) is 0 Å². The maximum absolute atomic E-state index is 4.26. The minimum absolute atomic E-state index is 0.347. The fourth-order valence-corrected chi connectivity index (χ4v) is 4.48. The quantitative estimate of drug-likeness (QED) is 0.775. The molecule has 0 radical (unpaired) electrons. The van der Waals surface area contributed by atoms with Crippen molar-refractivity contribution in [3.63, 3.8) is 0 Å². The molecule has 0 aromatic carbocycles. The van der Waals surface area contributed by atoms with Gasteiger partial charge in [-0.25, -0.2) is 9.97 Å². The maximum atomic E-state index is 4.26. The topological polar surface area (TPSA) is 67.9 Å². The fourth-order valence-electron chi connectivity index (χ4n) is 4.48. The van der Waals surface area contributed by atoms with Crippen molar-refractivity contribution in [3.8, 4) is 0 Å². The van der Waals surface area contributed by atoms with Gasteiger partial charge in [-0.05, 0) is 12.8 Å². The van der Waals surface area contributed by atoms with Crippen LogP contribution in [-0.2, 0) is 13.1 Å². The van der Waals surface area contributed by atoms with Crippen LogP contribution < -0.4 is 0 Å². The molecule has 2 aromatic heterocycles. The van der Waals surface area contributed by atoms with Crippen molar-refractivity contribution in [2.45, 2.75) is 50.7 Å². The highest BCUT2D eigenvalue weighted by Gasteiger charge is 2.41. The molecule has 8 nitrogen and oxygen atoms in total. The molecule has 2 aromatic rings. The largest absolute Gasteiger partial charge is 0.298 e. The van der Waals surface area contributed by atoms with Gasteiger partial charge in [0.2, 0.25) is 0 Å². The van der Waals surface area contributed by atoms with E-state index < -0.39 is 0 Å². The summed E-state index contributed by atoms with van der Waals surface area (Å²) in [7, 11) is 0. The number of hydrogen-bond acceptors (Lipinski definition) is 6. The van der Waals surface area contributed by atoms with E-state index >= 15 is 0 Å². The lowest BCUT2D eigenvalue weighted by molar-refractivity contribution is -0.0300. The molecule has 25 heavy (non-hydrogen) atoms. The van der Waals surface area contributed by atoms with Gasteiger partial charge in [0.1, 0.15) is 25.3 Å². The Labute approximate surface area is 148 Å². The van der Waals surface area contributed by atoms with E-state index in [1.165, 1.54) is 38.6 Å². The molecule has 4 rings (SSSR count). The summed E-state index contributed by atoms with van der Waals surface area (Å²) in [6.07, 6.45) is 13.6. The molecule has 0 bridgehead atoms. The molecule has 2 fully saturated rings. The lowest BCUT2D eigenvalue weighted by atomic mass is 9.78. The second-order valence-electron chi connectivity index (χ2n) is 7.37. The van der Waals surface area contributed by atoms with E-state index in [4.69, 9.17) is 0 Å². The molecule has 1 spiro atoms. The first kappa shape index (κ1) is 16.7. The molecule has 1 saturated carbocycles. The molecule has 2 aliphatic rings. The predicted octanol–water partition coefficient (Wildman–Crippen LogP) is 0.890. The van der Waals surface area contributed by atoms with Gasteiger partial charge in [-0.1, -0.05) is 19.3 Å². The maximum Gasteiger partial charge on any atom is 0.137 e. The Balaban J connectivity index is 1.38. The second kappa shape index (κ2) is 7.61. The highest BCUT2D eigenvalue weighted by atomic mass is 15.4. The summed E-state index contributed by atoms with van der Waals surface area (Å²) >= 11 is 0. The Kier molecular flexibility index (Phi) is 5.07. The van der Waals surface area contributed by atoms with Gasteiger partial charge in [-0.2, -0.15) is 10.2 Å². The van der Waals surface area contributed by atoms with E-state index in [0.29, 0.717) is 5.54 Å². The lowest BCUT2D eigenvalue weighted by Crippen LogP contribution is -2.63. The molecule has 1 aliphatic carbocycles. The van der Waals surface area contributed by atoms with E-state index in [0.717, 1.165) is 39.3 Å². The van der Waals surface area contributed by atoms with Gasteiger partial charge >= 0.3 is 0 Å². The monoisotopic (exact) mass is 344 g/mol. The van der Waals surface area contributed by atoms with Crippen LogP contribution in [0.2, 0.25) is 0 Å². The van der Waals surface area contributed by atoms with Crippen molar-refractivity contribution >= 4 is 0 Å². The third kappa shape index (κ3) is 3.90. The Morgan fingerprint density at radius 1 is 0.760 bits per heavy atom. The highest BCUT2D eigenvalue weighted by Crippen LogP contribution is 2.36. The van der Waals surface area contributed by atoms with Gasteiger partial charge in [0.25, 0.3) is 0 Å². The smallest absolute Gasteiger partial charge is 0.137 e. The Hall–Kier alpha value is -1.80. The normalized spacial score (nSPS) is 21.8. The minimum atomic E-state index is 0.347. The molecule has 3 heterocycles. The molecule has 0 N–H and O–H groups in total. The number of rotatable bonds is 6. The van der Waals surface area contributed by atoms with Crippen LogP contribution in [0.1, 0.15) is 32.1 Å². The van der Waals surface area contributed by atoms with Gasteiger partial charge in [0, 0.05) is 38.3 Å². The summed E-state index contributed by atoms with van der Waals surface area (Å²) in [5.41, 5.74) is 0.347. The first-order chi connectivity index (χ1) is 12.3. The van der Waals surface area contributed by atoms with Crippen molar-refractivity contribution in [1.82, 2.24) is 39.3 Å². The molecule has 1 aliphatic heterocycles. The molecular formula is C17H28N8. The van der Waals surface area contributed by atoms with E-state index in [1.54, 1.807) is 12.7 Å². The van der Waals surface area contributed by atoms with Crippen molar-refractivity contribution in [3.05, 3.63) is 25.3 Å². The van der Waals surface area contributed by atoms with Gasteiger partial charge in [0.05, 0.1) is 13.1 Å². The Bertz CT molecular complexity index is 617. The third-order valence-electron chi connectivity index (χ3n) is 5.84. The first-order valence-corrected chi connectivity index (χ1v) is 9.46. The molecule has 1 saturated heterocycles. The number of aromatic nitrogens is 6. The summed E-state index contributed by atoms with van der Waals surface area (Å²) < 4.78 is 3.89. The van der Waals surface area contributed by atoms with Crippen molar-refractivity contribution < 1.29 is 0 Å². The Morgan fingerprint density at radius 3 is 2.08 bits per heavy atom. The first-order valence-electron chi connectivity index (χ1n) is 9.46. The van der Waals surface area contributed by atoms with E-state index in [2.05, 4.69) is 30.0 Å². The molecule has 136 valence electrons. The predicted molar refractivity (Wildman–Crippen MR) is 93.9 cm³/mol. The van der Waals surface area contributed by atoms with Crippen LogP contribution in [0.4, 0.5) is 0 Å². The minimum Gasteiger partial charge on any atom is -0.298 e. The van der Waals surface area contributed by atoms with Crippen LogP contribution >= 0.6 is 0 Å². The van der Waals surface area contributed by atoms with Gasteiger partial charge in [0.15, 0.2) is 0 Å². The Morgan fingerprint density at radius 2 is 1.44 bits per heavy atom. The molecule has 8 heteroatoms. The average molecular weight is 344 g/mol. The van der Waals surface area contributed by atoms with Crippen LogP contribution in [0.3, 0.4) is 0 Å². The number of piperazine rings is 1. The molecular weight excluding hydrogens is 316 g/mol. The summed E-state index contributed by atoms with van der Waals surface area (Å²) in [6.45, 7) is 7.44. The lowest BCUT2D eigenvalue weighted by Gasteiger charge is -2.53. The van der Waals surface area contributed by atoms with Gasteiger partial charge in [-0.3, -0.25) is 19.2 Å². The van der Waals surface area contributed by atoms with E-state index in [1.807, 2.05) is 22.0 Å². The second-order valence-corrected chi connectivity index (χ2v) is 7.37. The average Bonchev–Trinajstić information content (AvgIpc) is 3.34. The van der Waals surface area contributed by atoms with Crippen molar-refractivity contribution in [2.24, 2.45) is 0 Å². The van der Waals surface area contributed by atoms with Crippen molar-refractivity contribution in [1.29, 1.82) is 0 Å². The third-order valence-corrected chi connectivity index (χ3v) is 5.84. The number of nitrogens with zero attached hydrogens (tertiary/aromatic N) is 8. The zero-order chi connectivity index (χ0) is 17.0. The van der Waals surface area contributed by atoms with Crippen molar-refractivity contribution in [2.75, 3.05) is 32.7 Å². The molecule has 0 atom stereocenters. The zero-order valence-corrected chi connectivity index (χ0v) is 14.9. The fraction of sp³-hybridized carbons (Fsp3) is 0.765. The number of hydrogen-bond donors (Lipinski definition) is 0. The molecule has 0 amide bonds. The van der Waals surface area contributed by atoms with Crippen LogP contribution in [0.5, 0.6) is 0 Å². The SMILES string of the molecule is c1ncn(CCN2CCN(CCn3cncn3)C3(CCCCC3)C2)n1. The van der Waals surface area contributed by atoms with E-state index in [-0.39, 0.29) is 0 Å².